The smallest absolute Gasteiger partial charge is 0.248 e. The second kappa shape index (κ2) is 14.8. The van der Waals surface area contributed by atoms with Crippen molar-refractivity contribution < 1.29 is 9.59 Å². The maximum absolute atomic E-state index is 13.5. The highest BCUT2D eigenvalue weighted by Crippen LogP contribution is 2.25. The first-order chi connectivity index (χ1) is 24.1. The Kier molecular flexibility index (Phi) is 10.1. The number of aromatic amines is 1. The monoisotopic (exact) mass is 666 g/mol. The minimum absolute atomic E-state index is 0.0958. The van der Waals surface area contributed by atoms with Crippen LogP contribution in [0.2, 0.25) is 0 Å². The lowest BCUT2D eigenvalue weighted by Crippen LogP contribution is -2.38. The lowest BCUT2D eigenvalue weighted by atomic mass is 10.0. The van der Waals surface area contributed by atoms with Crippen LogP contribution in [0.3, 0.4) is 0 Å². The third-order valence-electron chi connectivity index (χ3n) is 8.68. The molecule has 0 bridgehead atoms. The maximum Gasteiger partial charge on any atom is 0.248 e. The molecule has 0 saturated carbocycles. The average molecular weight is 667 g/mol. The summed E-state index contributed by atoms with van der Waals surface area (Å²) in [6, 6.07) is 30.0. The molecule has 0 saturated heterocycles. The number of hydrogen-bond donors (Lipinski definition) is 3. The summed E-state index contributed by atoms with van der Waals surface area (Å²) in [6.45, 7) is 4.57. The SMILES string of the molecule is CCn1c(NC(=O)[C@@H](c2ccccc2)N(C)C)nc2ccc(C#Cc3ccc4[nH]c([C@H](C)NC(=O)[C@@H](c5ccccc5)N(C)C)nc4c3)cc21. The highest BCUT2D eigenvalue weighted by atomic mass is 16.2. The van der Waals surface area contributed by atoms with Crippen LogP contribution < -0.4 is 10.6 Å². The van der Waals surface area contributed by atoms with Crippen LogP contribution in [0.15, 0.2) is 97.1 Å². The minimum atomic E-state index is -0.456. The summed E-state index contributed by atoms with van der Waals surface area (Å²) in [4.78, 5) is 43.4. The number of imidazole rings is 2. The maximum atomic E-state index is 13.5. The summed E-state index contributed by atoms with van der Waals surface area (Å²) >= 11 is 0. The van der Waals surface area contributed by atoms with Crippen LogP contribution in [0.1, 0.15) is 60.1 Å². The minimum Gasteiger partial charge on any atom is -0.345 e. The number of carbonyl (C=O) groups excluding carboxylic acids is 2. The molecule has 0 unspecified atom stereocenters. The number of rotatable bonds is 10. The van der Waals surface area contributed by atoms with Gasteiger partial charge in [0, 0.05) is 17.7 Å². The van der Waals surface area contributed by atoms with E-state index in [4.69, 9.17) is 9.97 Å². The lowest BCUT2D eigenvalue weighted by molar-refractivity contribution is -0.126. The number of H-pyrrole nitrogens is 1. The Bertz CT molecular complexity index is 2190. The Labute approximate surface area is 292 Å². The fourth-order valence-corrected chi connectivity index (χ4v) is 6.25. The van der Waals surface area contributed by atoms with Crippen molar-refractivity contribution in [2.45, 2.75) is 38.5 Å². The van der Waals surface area contributed by atoms with Crippen LogP contribution in [0, 0.1) is 11.8 Å². The fourth-order valence-electron chi connectivity index (χ4n) is 6.25. The van der Waals surface area contributed by atoms with Gasteiger partial charge in [0.15, 0.2) is 0 Å². The predicted molar refractivity (Wildman–Crippen MR) is 198 cm³/mol. The van der Waals surface area contributed by atoms with Gasteiger partial charge in [-0.25, -0.2) is 9.97 Å². The normalized spacial score (nSPS) is 13.2. The molecule has 3 N–H and O–H groups in total. The van der Waals surface area contributed by atoms with Crippen LogP contribution in [0.5, 0.6) is 0 Å². The summed E-state index contributed by atoms with van der Waals surface area (Å²) in [5, 5.41) is 6.18. The second-order valence-electron chi connectivity index (χ2n) is 12.8. The third kappa shape index (κ3) is 7.29. The van der Waals surface area contributed by atoms with Gasteiger partial charge in [-0.05, 0) is 89.6 Å². The number of nitrogens with one attached hydrogen (secondary N) is 3. The Balaban J connectivity index is 1.19. The first kappa shape index (κ1) is 34.1. The van der Waals surface area contributed by atoms with Crippen molar-refractivity contribution in [2.24, 2.45) is 0 Å². The largest absolute Gasteiger partial charge is 0.345 e. The lowest BCUT2D eigenvalue weighted by Gasteiger charge is -2.25. The molecule has 10 heteroatoms. The van der Waals surface area contributed by atoms with E-state index in [9.17, 15) is 9.59 Å². The van der Waals surface area contributed by atoms with E-state index in [0.29, 0.717) is 18.3 Å². The molecule has 10 nitrogen and oxygen atoms in total. The highest BCUT2D eigenvalue weighted by molar-refractivity contribution is 5.96. The molecule has 3 atom stereocenters. The van der Waals surface area contributed by atoms with Crippen LogP contribution in [0.25, 0.3) is 22.1 Å². The van der Waals surface area contributed by atoms with Gasteiger partial charge in [-0.15, -0.1) is 0 Å². The number of fused-ring (bicyclic) bond motifs is 2. The molecule has 0 fully saturated rings. The molecule has 4 aromatic carbocycles. The van der Waals surface area contributed by atoms with Gasteiger partial charge in [-0.1, -0.05) is 72.5 Å². The van der Waals surface area contributed by atoms with E-state index in [1.54, 1.807) is 0 Å². The number of nitrogens with zero attached hydrogens (tertiary/aromatic N) is 5. The van der Waals surface area contributed by atoms with Gasteiger partial charge in [-0.2, -0.15) is 0 Å². The number of anilines is 1. The molecule has 0 aliphatic rings. The molecule has 50 heavy (non-hydrogen) atoms. The zero-order valence-corrected chi connectivity index (χ0v) is 29.2. The number of amides is 2. The Morgan fingerprint density at radius 3 is 1.94 bits per heavy atom. The van der Waals surface area contributed by atoms with Crippen molar-refractivity contribution in [3.05, 3.63) is 125 Å². The van der Waals surface area contributed by atoms with Crippen LogP contribution >= 0.6 is 0 Å². The summed E-state index contributed by atoms with van der Waals surface area (Å²) in [6.07, 6.45) is 0. The molecule has 6 rings (SSSR count). The molecular formula is C40H42N8O2. The van der Waals surface area contributed by atoms with E-state index in [1.807, 2.05) is 153 Å². The first-order valence-electron chi connectivity index (χ1n) is 16.7. The van der Waals surface area contributed by atoms with Crippen LogP contribution in [0.4, 0.5) is 5.95 Å². The van der Waals surface area contributed by atoms with Crippen LogP contribution in [-0.2, 0) is 16.1 Å². The molecule has 6 aromatic rings. The van der Waals surface area contributed by atoms with Crippen molar-refractivity contribution in [2.75, 3.05) is 33.5 Å². The average Bonchev–Trinajstić information content (AvgIpc) is 3.68. The summed E-state index contributed by atoms with van der Waals surface area (Å²) in [5.41, 5.74) is 6.79. The molecular weight excluding hydrogens is 624 g/mol. The number of aromatic nitrogens is 4. The molecule has 254 valence electrons. The van der Waals surface area contributed by atoms with Crippen molar-refractivity contribution in [1.82, 2.24) is 34.6 Å². The van der Waals surface area contributed by atoms with Crippen molar-refractivity contribution in [3.8, 4) is 11.8 Å². The fraction of sp³-hybridized carbons (Fsp3) is 0.250. The predicted octanol–water partition coefficient (Wildman–Crippen LogP) is 6.05. The van der Waals surface area contributed by atoms with Gasteiger partial charge in [0.2, 0.25) is 17.8 Å². The molecule has 0 aliphatic carbocycles. The molecule has 2 heterocycles. The highest BCUT2D eigenvalue weighted by Gasteiger charge is 2.26. The van der Waals surface area contributed by atoms with Crippen molar-refractivity contribution >= 4 is 39.8 Å². The van der Waals surface area contributed by atoms with Gasteiger partial charge in [0.05, 0.1) is 28.1 Å². The topological polar surface area (TPSA) is 111 Å². The number of carbonyl (C=O) groups is 2. The van der Waals surface area contributed by atoms with E-state index < -0.39 is 12.1 Å². The molecule has 2 aromatic heterocycles. The van der Waals surface area contributed by atoms with E-state index in [-0.39, 0.29) is 17.9 Å². The van der Waals surface area contributed by atoms with Gasteiger partial charge < -0.3 is 14.9 Å². The Hall–Kier alpha value is -5.76. The van der Waals surface area contributed by atoms with Crippen molar-refractivity contribution in [3.63, 3.8) is 0 Å². The Morgan fingerprint density at radius 1 is 0.760 bits per heavy atom. The van der Waals surface area contributed by atoms with Gasteiger partial charge in [0.1, 0.15) is 17.9 Å². The molecule has 0 radical (unpaired) electrons. The standard InChI is InChI=1S/C40H42N8O2/c1-7-48-34-25-28(21-23-32(34)44-40(48)45-39(50)36(47(5)6)30-16-12-9-13-17-30)19-18-27-20-22-31-33(24-27)43-37(42-31)26(2)41-38(49)35(46(3)4)29-14-10-8-11-15-29/h8-17,20-26,35-36H,7H2,1-6H3,(H,41,49)(H,42,43)(H,44,45,50)/t26-,35+,36+/m0/s1. The molecule has 0 spiro atoms. The van der Waals surface area contributed by atoms with Crippen LogP contribution in [-0.4, -0.2) is 69.3 Å². The molecule has 0 aliphatic heterocycles. The van der Waals surface area contributed by atoms with E-state index in [2.05, 4.69) is 27.5 Å². The summed E-state index contributed by atoms with van der Waals surface area (Å²) in [7, 11) is 7.57. The van der Waals surface area contributed by atoms with E-state index in [1.165, 1.54) is 0 Å². The Morgan fingerprint density at radius 2 is 1.34 bits per heavy atom. The summed E-state index contributed by atoms with van der Waals surface area (Å²) < 4.78 is 1.99. The number of benzene rings is 4. The summed E-state index contributed by atoms with van der Waals surface area (Å²) in [5.74, 6) is 7.49. The first-order valence-corrected chi connectivity index (χ1v) is 16.7. The van der Waals surface area contributed by atoms with E-state index in [0.717, 1.165) is 44.3 Å². The zero-order valence-electron chi connectivity index (χ0n) is 29.2. The zero-order chi connectivity index (χ0) is 35.4. The second-order valence-corrected chi connectivity index (χ2v) is 12.8. The number of hydrogen-bond acceptors (Lipinski definition) is 6. The number of likely N-dealkylation sites (N-methyl/N-ethyl adjacent to an activating group) is 2. The van der Waals surface area contributed by atoms with Gasteiger partial charge in [-0.3, -0.25) is 24.7 Å². The number of aryl methyl sites for hydroxylation is 1. The molecule has 2 amide bonds. The van der Waals surface area contributed by atoms with Crippen molar-refractivity contribution in [1.29, 1.82) is 0 Å². The van der Waals surface area contributed by atoms with E-state index >= 15 is 0 Å². The third-order valence-corrected chi connectivity index (χ3v) is 8.68. The quantitative estimate of drug-likeness (QED) is 0.154. The van der Waals surface area contributed by atoms with Gasteiger partial charge in [0.25, 0.3) is 0 Å². The van der Waals surface area contributed by atoms with Gasteiger partial charge >= 0.3 is 0 Å².